The van der Waals surface area contributed by atoms with Crippen molar-refractivity contribution in [3.63, 3.8) is 0 Å². The average molecular weight is 435 g/mol. The van der Waals surface area contributed by atoms with E-state index in [9.17, 15) is 9.59 Å². The molecule has 2 rings (SSSR count). The second-order valence-corrected chi connectivity index (χ2v) is 6.83. The van der Waals surface area contributed by atoms with E-state index in [1.54, 1.807) is 30.3 Å². The summed E-state index contributed by atoms with van der Waals surface area (Å²) in [6.07, 6.45) is -0.784. The number of ether oxygens (including phenoxy) is 2. The first-order valence-corrected chi connectivity index (χ1v) is 9.10. The zero-order valence-corrected chi connectivity index (χ0v) is 17.9. The van der Waals surface area contributed by atoms with Gasteiger partial charge in [0.15, 0.2) is 12.8 Å². The molecule has 1 amide bonds. The van der Waals surface area contributed by atoms with Crippen molar-refractivity contribution < 1.29 is 19.1 Å². The zero-order valence-electron chi connectivity index (χ0n) is 17.1. The zero-order chi connectivity index (χ0) is 21.6. The van der Waals surface area contributed by atoms with Crippen LogP contribution in [0.15, 0.2) is 42.5 Å². The van der Waals surface area contributed by atoms with Crippen LogP contribution in [0.4, 0.5) is 5.69 Å². The van der Waals surface area contributed by atoms with Crippen molar-refractivity contribution >= 4 is 35.8 Å². The SMILES string of the molecule is CC(=O)OC(Nc1ccc(C(=N)N)cc1)c1ccc(C(C)C)c(OCC(N)=O)c1.Cl. The van der Waals surface area contributed by atoms with Gasteiger partial charge >= 0.3 is 5.97 Å². The molecule has 30 heavy (non-hydrogen) atoms. The van der Waals surface area contributed by atoms with Crippen LogP contribution in [0.25, 0.3) is 0 Å². The average Bonchev–Trinajstić information content (AvgIpc) is 2.65. The molecule has 0 saturated heterocycles. The molecule has 0 aliphatic rings. The van der Waals surface area contributed by atoms with Gasteiger partial charge in [-0.2, -0.15) is 0 Å². The van der Waals surface area contributed by atoms with Gasteiger partial charge in [0.05, 0.1) is 0 Å². The Morgan fingerprint density at radius 1 is 1.10 bits per heavy atom. The Kier molecular flexibility index (Phi) is 9.14. The fourth-order valence-corrected chi connectivity index (χ4v) is 2.71. The van der Waals surface area contributed by atoms with Crippen LogP contribution in [0.3, 0.4) is 0 Å². The number of rotatable bonds is 9. The highest BCUT2D eigenvalue weighted by atomic mass is 35.5. The highest BCUT2D eigenvalue weighted by Gasteiger charge is 2.18. The highest BCUT2D eigenvalue weighted by Crippen LogP contribution is 2.31. The lowest BCUT2D eigenvalue weighted by molar-refractivity contribution is -0.145. The lowest BCUT2D eigenvalue weighted by Crippen LogP contribution is -2.21. The van der Waals surface area contributed by atoms with Gasteiger partial charge in [0.25, 0.3) is 5.91 Å². The van der Waals surface area contributed by atoms with Gasteiger partial charge in [-0.1, -0.05) is 26.0 Å². The lowest BCUT2D eigenvalue weighted by atomic mass is 9.99. The number of benzene rings is 2. The number of halogens is 1. The molecule has 1 atom stereocenters. The second-order valence-electron chi connectivity index (χ2n) is 6.83. The van der Waals surface area contributed by atoms with Crippen LogP contribution in [0.5, 0.6) is 5.75 Å². The van der Waals surface area contributed by atoms with Crippen molar-refractivity contribution in [2.75, 3.05) is 11.9 Å². The number of esters is 1. The maximum atomic E-state index is 11.6. The van der Waals surface area contributed by atoms with E-state index in [1.807, 2.05) is 26.0 Å². The van der Waals surface area contributed by atoms with Crippen LogP contribution in [0.2, 0.25) is 0 Å². The molecule has 6 N–H and O–H groups in total. The maximum absolute atomic E-state index is 11.6. The first-order chi connectivity index (χ1) is 13.7. The summed E-state index contributed by atoms with van der Waals surface area (Å²) < 4.78 is 11.0. The monoisotopic (exact) mass is 434 g/mol. The smallest absolute Gasteiger partial charge is 0.304 e. The minimum Gasteiger partial charge on any atom is -0.483 e. The van der Waals surface area contributed by atoms with E-state index in [2.05, 4.69) is 5.32 Å². The molecule has 0 heterocycles. The first-order valence-electron chi connectivity index (χ1n) is 9.10. The molecule has 0 radical (unpaired) electrons. The third kappa shape index (κ3) is 6.97. The predicted octanol–water partition coefficient (Wildman–Crippen LogP) is 3.05. The third-order valence-electron chi connectivity index (χ3n) is 4.11. The Hall–Kier alpha value is -3.26. The molecule has 1 unspecified atom stereocenters. The molecule has 9 heteroatoms. The van der Waals surface area contributed by atoms with Crippen LogP contribution in [0.1, 0.15) is 49.6 Å². The van der Waals surface area contributed by atoms with Crippen LogP contribution >= 0.6 is 12.4 Å². The Labute approximate surface area is 181 Å². The summed E-state index contributed by atoms with van der Waals surface area (Å²) in [5.74, 6) is -0.414. The summed E-state index contributed by atoms with van der Waals surface area (Å²) in [6, 6.07) is 12.3. The number of nitrogens with two attached hydrogens (primary N) is 2. The van der Waals surface area contributed by atoms with Crippen LogP contribution in [0, 0.1) is 5.41 Å². The van der Waals surface area contributed by atoms with Crippen molar-refractivity contribution in [2.24, 2.45) is 11.5 Å². The molecule has 0 aromatic heterocycles. The first kappa shape index (κ1) is 24.8. The van der Waals surface area contributed by atoms with E-state index in [0.717, 1.165) is 5.56 Å². The normalized spacial score (nSPS) is 11.2. The van der Waals surface area contributed by atoms with Gasteiger partial charge in [0.1, 0.15) is 11.6 Å². The molecule has 0 aliphatic heterocycles. The van der Waals surface area contributed by atoms with Crippen molar-refractivity contribution in [3.8, 4) is 5.75 Å². The largest absolute Gasteiger partial charge is 0.483 e. The number of nitrogens with one attached hydrogen (secondary N) is 2. The predicted molar refractivity (Wildman–Crippen MR) is 118 cm³/mol. The fraction of sp³-hybridized carbons (Fsp3) is 0.286. The Bertz CT molecular complexity index is 900. The number of carbonyl (C=O) groups excluding carboxylic acids is 2. The molecule has 2 aromatic carbocycles. The van der Waals surface area contributed by atoms with Crippen molar-refractivity contribution in [1.82, 2.24) is 0 Å². The maximum Gasteiger partial charge on any atom is 0.304 e. The van der Waals surface area contributed by atoms with Gasteiger partial charge in [0.2, 0.25) is 0 Å². The van der Waals surface area contributed by atoms with E-state index in [0.29, 0.717) is 22.6 Å². The fourth-order valence-electron chi connectivity index (χ4n) is 2.71. The summed E-state index contributed by atoms with van der Waals surface area (Å²) in [4.78, 5) is 22.8. The van der Waals surface area contributed by atoms with E-state index in [-0.39, 0.29) is 30.8 Å². The van der Waals surface area contributed by atoms with Gasteiger partial charge in [-0.05, 0) is 41.8 Å². The van der Waals surface area contributed by atoms with Crippen LogP contribution < -0.4 is 21.5 Å². The molecule has 0 saturated carbocycles. The standard InChI is InChI=1S/C21H26N4O4.ClH/c1-12(2)17-9-6-15(10-18(17)28-11-19(22)27)21(29-13(3)26)25-16-7-4-14(5-8-16)20(23)24;/h4-10,12,21,25H,11H2,1-3H3,(H2,22,27)(H3,23,24);1H. The molecular formula is C21H27ClN4O4. The van der Waals surface area contributed by atoms with Gasteiger partial charge in [-0.3, -0.25) is 15.0 Å². The van der Waals surface area contributed by atoms with Crippen molar-refractivity contribution in [3.05, 3.63) is 59.2 Å². The number of hydrogen-bond donors (Lipinski definition) is 4. The van der Waals surface area contributed by atoms with Gasteiger partial charge < -0.3 is 26.3 Å². The highest BCUT2D eigenvalue weighted by molar-refractivity contribution is 5.95. The third-order valence-corrected chi connectivity index (χ3v) is 4.11. The number of amides is 1. The van der Waals surface area contributed by atoms with Crippen LogP contribution in [-0.2, 0) is 14.3 Å². The second kappa shape index (κ2) is 11.1. The van der Waals surface area contributed by atoms with E-state index in [4.69, 9.17) is 26.4 Å². The number of primary amides is 1. The van der Waals surface area contributed by atoms with Gasteiger partial charge in [-0.25, -0.2) is 0 Å². The van der Waals surface area contributed by atoms with E-state index < -0.39 is 18.1 Å². The van der Waals surface area contributed by atoms with E-state index >= 15 is 0 Å². The van der Waals surface area contributed by atoms with E-state index in [1.165, 1.54) is 6.92 Å². The minimum atomic E-state index is -0.784. The molecular weight excluding hydrogens is 408 g/mol. The van der Waals surface area contributed by atoms with Gasteiger partial charge in [0, 0.05) is 23.7 Å². The Morgan fingerprint density at radius 3 is 2.23 bits per heavy atom. The topological polar surface area (TPSA) is 141 Å². The quantitative estimate of drug-likeness (QED) is 0.207. The van der Waals surface area contributed by atoms with Crippen molar-refractivity contribution in [1.29, 1.82) is 5.41 Å². The number of amidine groups is 1. The lowest BCUT2D eigenvalue weighted by Gasteiger charge is -2.22. The molecule has 0 bridgehead atoms. The molecule has 8 nitrogen and oxygen atoms in total. The number of nitrogen functional groups attached to an aromatic ring is 1. The minimum absolute atomic E-state index is 0. The van der Waals surface area contributed by atoms with Crippen LogP contribution in [-0.4, -0.2) is 24.3 Å². The summed E-state index contributed by atoms with van der Waals surface area (Å²) in [5.41, 5.74) is 13.5. The Morgan fingerprint density at radius 2 is 1.73 bits per heavy atom. The number of carbonyl (C=O) groups is 2. The summed E-state index contributed by atoms with van der Waals surface area (Å²) in [7, 11) is 0. The molecule has 162 valence electrons. The molecule has 0 aliphatic carbocycles. The summed E-state index contributed by atoms with van der Waals surface area (Å²) >= 11 is 0. The van der Waals surface area contributed by atoms with Crippen molar-refractivity contribution in [2.45, 2.75) is 32.9 Å². The molecule has 2 aromatic rings. The summed E-state index contributed by atoms with van der Waals surface area (Å²) in [6.45, 7) is 5.08. The van der Waals surface area contributed by atoms with Gasteiger partial charge in [-0.15, -0.1) is 12.4 Å². The number of anilines is 1. The molecule has 0 fully saturated rings. The Balaban J connectivity index is 0.00000450. The summed E-state index contributed by atoms with van der Waals surface area (Å²) in [5, 5.41) is 10.6. The number of hydrogen-bond acceptors (Lipinski definition) is 6. The molecule has 0 spiro atoms.